The largest absolute Gasteiger partial charge is 0.382 e. The van der Waals surface area contributed by atoms with Gasteiger partial charge in [0, 0.05) is 11.7 Å². The van der Waals surface area contributed by atoms with Gasteiger partial charge in [0.25, 0.3) is 0 Å². The van der Waals surface area contributed by atoms with Crippen LogP contribution in [-0.4, -0.2) is 21.0 Å². The van der Waals surface area contributed by atoms with E-state index >= 15 is 0 Å². The summed E-state index contributed by atoms with van der Waals surface area (Å²) in [5.74, 6) is 0. The normalized spacial score (nSPS) is 14.6. The van der Waals surface area contributed by atoms with Crippen LogP contribution in [0.25, 0.3) is 0 Å². The number of aliphatic hydroxyl groups excluding tert-OH is 1. The maximum atomic E-state index is 10.7. The zero-order chi connectivity index (χ0) is 9.07. The maximum absolute atomic E-state index is 10.7. The predicted molar refractivity (Wildman–Crippen MR) is 45.5 cm³/mol. The molecule has 3 N–H and O–H groups in total. The molecule has 0 heterocycles. The van der Waals surface area contributed by atoms with Gasteiger partial charge in [-0.05, 0) is 13.8 Å². The van der Waals surface area contributed by atoms with Crippen LogP contribution in [0.15, 0.2) is 0 Å². The Balaban J connectivity index is 4.08. The molecular formula is C7H13NO2S. The van der Waals surface area contributed by atoms with E-state index in [0.29, 0.717) is 0 Å². The Morgan fingerprint density at radius 1 is 1.73 bits per heavy atom. The molecule has 0 rings (SSSR count). The lowest BCUT2D eigenvalue weighted by Crippen LogP contribution is -2.41. The molecule has 0 aromatic heterocycles. The van der Waals surface area contributed by atoms with Crippen LogP contribution in [0.1, 0.15) is 20.8 Å². The topological polar surface area (TPSA) is 63.3 Å². The van der Waals surface area contributed by atoms with Crippen LogP contribution in [0.3, 0.4) is 0 Å². The molecule has 0 aliphatic heterocycles. The second-order valence-corrected chi connectivity index (χ2v) is 4.64. The molecule has 0 aromatic rings. The summed E-state index contributed by atoms with van der Waals surface area (Å²) in [7, 11) is 0. The van der Waals surface area contributed by atoms with E-state index in [9.17, 15) is 4.79 Å². The molecule has 0 amide bonds. The second kappa shape index (κ2) is 4.09. The van der Waals surface area contributed by atoms with E-state index in [1.165, 1.54) is 6.92 Å². The second-order valence-electron chi connectivity index (χ2n) is 2.80. The van der Waals surface area contributed by atoms with Gasteiger partial charge in [0.2, 0.25) is 0 Å². The number of hydrogen-bond acceptors (Lipinski definition) is 4. The summed E-state index contributed by atoms with van der Waals surface area (Å²) >= 11 is 1.10. The van der Waals surface area contributed by atoms with Crippen molar-refractivity contribution in [3.63, 3.8) is 0 Å². The highest BCUT2D eigenvalue weighted by atomic mass is 32.2. The fraction of sp³-hybridized carbons (Fsp3) is 0.714. The molecule has 1 atom stereocenters. The van der Waals surface area contributed by atoms with Crippen molar-refractivity contribution in [3.05, 3.63) is 6.61 Å². The van der Waals surface area contributed by atoms with Gasteiger partial charge in [-0.15, -0.1) is 0 Å². The first-order valence-electron chi connectivity index (χ1n) is 3.25. The summed E-state index contributed by atoms with van der Waals surface area (Å²) < 4.78 is -0.486. The molecule has 0 aliphatic carbocycles. The van der Waals surface area contributed by atoms with Crippen molar-refractivity contribution in [2.24, 2.45) is 5.73 Å². The molecule has 0 bridgehead atoms. The number of rotatable bonds is 3. The van der Waals surface area contributed by atoms with Crippen molar-refractivity contribution in [1.82, 2.24) is 0 Å². The highest BCUT2D eigenvalue weighted by molar-refractivity contribution is 8.14. The standard InChI is InChI=1S/C7H13NO2S/c1-5(10)11-7(2,3)6(8)4-9/h6,9H,8H2,1-3H3. The van der Waals surface area contributed by atoms with E-state index in [0.717, 1.165) is 11.8 Å². The van der Waals surface area contributed by atoms with Crippen LogP contribution in [0.5, 0.6) is 0 Å². The summed E-state index contributed by atoms with van der Waals surface area (Å²) in [4.78, 5) is 10.7. The lowest BCUT2D eigenvalue weighted by Gasteiger charge is -2.27. The molecule has 0 aromatic carbocycles. The molecule has 0 saturated carbocycles. The third kappa shape index (κ3) is 3.74. The monoisotopic (exact) mass is 175 g/mol. The first kappa shape index (κ1) is 10.9. The van der Waals surface area contributed by atoms with Crippen LogP contribution in [0, 0.1) is 6.61 Å². The molecule has 0 saturated heterocycles. The third-order valence-electron chi connectivity index (χ3n) is 1.29. The molecule has 0 fully saturated rings. The van der Waals surface area contributed by atoms with Crippen molar-refractivity contribution in [2.45, 2.75) is 31.6 Å². The van der Waals surface area contributed by atoms with Crippen molar-refractivity contribution < 1.29 is 9.90 Å². The van der Waals surface area contributed by atoms with Gasteiger partial charge in [-0.1, -0.05) is 11.8 Å². The lowest BCUT2D eigenvalue weighted by atomic mass is 10.1. The van der Waals surface area contributed by atoms with E-state index in [1.54, 1.807) is 13.8 Å². The zero-order valence-corrected chi connectivity index (χ0v) is 7.73. The minimum absolute atomic E-state index is 0.0132. The molecule has 2 radical (unpaired) electrons. The van der Waals surface area contributed by atoms with E-state index < -0.39 is 10.8 Å². The van der Waals surface area contributed by atoms with E-state index in [2.05, 4.69) is 0 Å². The average Bonchev–Trinajstić information content (AvgIpc) is 1.83. The zero-order valence-electron chi connectivity index (χ0n) is 6.92. The Hall–Kier alpha value is -0.0600. The molecule has 64 valence electrons. The Morgan fingerprint density at radius 3 is 2.45 bits per heavy atom. The molecule has 0 spiro atoms. The maximum Gasteiger partial charge on any atom is 0.186 e. The first-order chi connectivity index (χ1) is 4.90. The summed E-state index contributed by atoms with van der Waals surface area (Å²) in [5.41, 5.74) is 5.46. The summed E-state index contributed by atoms with van der Waals surface area (Å²) in [5, 5.41) is 8.47. The molecule has 3 nitrogen and oxygen atoms in total. The first-order valence-corrected chi connectivity index (χ1v) is 4.06. The third-order valence-corrected chi connectivity index (χ3v) is 2.36. The minimum Gasteiger partial charge on any atom is -0.382 e. The van der Waals surface area contributed by atoms with E-state index in [1.807, 2.05) is 6.61 Å². The predicted octanol–water partition coefficient (Wildman–Crippen LogP) is 0.783. The van der Waals surface area contributed by atoms with Crippen LogP contribution in [0.2, 0.25) is 0 Å². The van der Waals surface area contributed by atoms with Crippen molar-refractivity contribution in [1.29, 1.82) is 0 Å². The molecule has 11 heavy (non-hydrogen) atoms. The quantitative estimate of drug-likeness (QED) is 0.665. The van der Waals surface area contributed by atoms with Gasteiger partial charge in [0.05, 0.1) is 6.04 Å². The van der Waals surface area contributed by atoms with E-state index in [4.69, 9.17) is 10.8 Å². The van der Waals surface area contributed by atoms with Crippen molar-refractivity contribution in [3.8, 4) is 0 Å². The molecule has 4 heteroatoms. The Labute approximate surface area is 71.3 Å². The fourth-order valence-electron chi connectivity index (χ4n) is 0.589. The van der Waals surface area contributed by atoms with Gasteiger partial charge in [-0.25, -0.2) is 0 Å². The van der Waals surface area contributed by atoms with Crippen LogP contribution >= 0.6 is 11.8 Å². The van der Waals surface area contributed by atoms with E-state index in [-0.39, 0.29) is 5.12 Å². The Kier molecular flexibility index (Phi) is 4.07. The number of carbonyl (C=O) groups excluding carboxylic acids is 1. The molecular weight excluding hydrogens is 162 g/mol. The number of thioether (sulfide) groups is 1. The number of carbonyl (C=O) groups is 1. The molecule has 0 aliphatic rings. The highest BCUT2D eigenvalue weighted by Gasteiger charge is 2.28. The van der Waals surface area contributed by atoms with Gasteiger partial charge in [-0.2, -0.15) is 0 Å². The van der Waals surface area contributed by atoms with Gasteiger partial charge < -0.3 is 10.8 Å². The number of hydrogen-bond donors (Lipinski definition) is 2. The Bertz CT molecular complexity index is 147. The Morgan fingerprint density at radius 2 is 2.18 bits per heavy atom. The number of aliphatic hydroxyl groups is 1. The highest BCUT2D eigenvalue weighted by Crippen LogP contribution is 2.28. The van der Waals surface area contributed by atoms with Gasteiger partial charge >= 0.3 is 0 Å². The van der Waals surface area contributed by atoms with Crippen LogP contribution in [0.4, 0.5) is 0 Å². The summed E-state index contributed by atoms with van der Waals surface area (Å²) in [6, 6.07) is -0.601. The minimum atomic E-state index is -0.601. The smallest absolute Gasteiger partial charge is 0.186 e. The number of nitrogens with two attached hydrogens (primary N) is 1. The summed E-state index contributed by atoms with van der Waals surface area (Å²) in [6.45, 7) is 6.95. The van der Waals surface area contributed by atoms with Gasteiger partial charge in [0.15, 0.2) is 5.12 Å². The van der Waals surface area contributed by atoms with Crippen molar-refractivity contribution >= 4 is 16.9 Å². The van der Waals surface area contributed by atoms with Crippen LogP contribution < -0.4 is 5.73 Å². The van der Waals surface area contributed by atoms with Gasteiger partial charge in [0.1, 0.15) is 6.61 Å². The van der Waals surface area contributed by atoms with Crippen molar-refractivity contribution in [2.75, 3.05) is 0 Å². The lowest BCUT2D eigenvalue weighted by molar-refractivity contribution is -0.109. The molecule has 1 unspecified atom stereocenters. The van der Waals surface area contributed by atoms with Crippen LogP contribution in [-0.2, 0) is 4.79 Å². The SMILES string of the molecule is CC(=O)SC(C)(C)C(N)[C]O. The average molecular weight is 175 g/mol. The summed E-state index contributed by atoms with van der Waals surface area (Å²) in [6.07, 6.45) is 0. The van der Waals surface area contributed by atoms with Gasteiger partial charge in [-0.3, -0.25) is 4.79 Å². The fourth-order valence-corrected chi connectivity index (χ4v) is 1.51.